The van der Waals surface area contributed by atoms with Gasteiger partial charge in [-0.3, -0.25) is 9.59 Å². The van der Waals surface area contributed by atoms with Crippen LogP contribution in [0, 0.1) is 0 Å². The van der Waals surface area contributed by atoms with Crippen LogP contribution in [0.2, 0.25) is 0 Å². The van der Waals surface area contributed by atoms with Crippen LogP contribution in [0.3, 0.4) is 0 Å². The van der Waals surface area contributed by atoms with Crippen molar-refractivity contribution < 1.29 is 23.5 Å². The van der Waals surface area contributed by atoms with E-state index in [4.69, 9.17) is 5.73 Å². The number of alkyl halides is 2. The average molecular weight is 357 g/mol. The quantitative estimate of drug-likeness (QED) is 0.601. The standard InChI is InChI=1S/C17H25F2N3O3/c1-3-22(4-2)14(23)11-21-16(25)17(18,19)15(24)13(20)10-12-8-6-5-7-9-12/h5-9,13,15,24H,3-4,10-11,20H2,1-2H3,(H,21,25)/t13-,15?/m0/s1. The molecule has 0 saturated heterocycles. The molecule has 25 heavy (non-hydrogen) atoms. The van der Waals surface area contributed by atoms with Gasteiger partial charge >= 0.3 is 5.92 Å². The molecule has 2 amide bonds. The molecule has 8 heteroatoms. The molecule has 0 saturated carbocycles. The van der Waals surface area contributed by atoms with Crippen molar-refractivity contribution in [2.75, 3.05) is 19.6 Å². The van der Waals surface area contributed by atoms with Crippen LogP contribution in [0.5, 0.6) is 0 Å². The summed E-state index contributed by atoms with van der Waals surface area (Å²) < 4.78 is 28.2. The van der Waals surface area contributed by atoms with Gasteiger partial charge in [-0.05, 0) is 25.8 Å². The molecule has 0 aliphatic heterocycles. The number of nitrogens with zero attached hydrogens (tertiary/aromatic N) is 1. The topological polar surface area (TPSA) is 95.7 Å². The van der Waals surface area contributed by atoms with Gasteiger partial charge in [-0.25, -0.2) is 0 Å². The van der Waals surface area contributed by atoms with E-state index in [1.54, 1.807) is 44.2 Å². The zero-order valence-corrected chi connectivity index (χ0v) is 14.4. The van der Waals surface area contributed by atoms with Crippen LogP contribution in [-0.2, 0) is 16.0 Å². The van der Waals surface area contributed by atoms with Gasteiger partial charge in [0.25, 0.3) is 5.91 Å². The first-order valence-electron chi connectivity index (χ1n) is 8.15. The first-order chi connectivity index (χ1) is 11.7. The number of aliphatic hydroxyl groups excluding tert-OH is 1. The number of carbonyl (C=O) groups is 2. The summed E-state index contributed by atoms with van der Waals surface area (Å²) >= 11 is 0. The lowest BCUT2D eigenvalue weighted by molar-refractivity contribution is -0.166. The van der Waals surface area contributed by atoms with Gasteiger partial charge in [-0.15, -0.1) is 0 Å². The van der Waals surface area contributed by atoms with Crippen molar-refractivity contribution in [3.05, 3.63) is 35.9 Å². The monoisotopic (exact) mass is 357 g/mol. The highest BCUT2D eigenvalue weighted by molar-refractivity contribution is 5.88. The van der Waals surface area contributed by atoms with Crippen LogP contribution in [0.1, 0.15) is 19.4 Å². The highest BCUT2D eigenvalue weighted by atomic mass is 19.3. The second-order valence-electron chi connectivity index (χ2n) is 5.67. The van der Waals surface area contributed by atoms with E-state index >= 15 is 0 Å². The summed E-state index contributed by atoms with van der Waals surface area (Å²) in [6.45, 7) is 3.74. The Labute approximate surface area is 146 Å². The van der Waals surface area contributed by atoms with E-state index in [9.17, 15) is 23.5 Å². The van der Waals surface area contributed by atoms with E-state index in [1.165, 1.54) is 4.90 Å². The van der Waals surface area contributed by atoms with Crippen LogP contribution >= 0.6 is 0 Å². The van der Waals surface area contributed by atoms with Gasteiger partial charge in [0.15, 0.2) is 0 Å². The number of likely N-dealkylation sites (N-methyl/N-ethyl adjacent to an activating group) is 1. The van der Waals surface area contributed by atoms with Crippen molar-refractivity contribution in [2.24, 2.45) is 5.73 Å². The number of rotatable bonds is 9. The molecule has 1 aromatic rings. The Balaban J connectivity index is 2.64. The van der Waals surface area contributed by atoms with Crippen molar-refractivity contribution in [2.45, 2.75) is 38.3 Å². The van der Waals surface area contributed by atoms with Crippen molar-refractivity contribution in [3.63, 3.8) is 0 Å². The van der Waals surface area contributed by atoms with Crippen LogP contribution in [0.4, 0.5) is 8.78 Å². The molecule has 140 valence electrons. The molecule has 1 unspecified atom stereocenters. The summed E-state index contributed by atoms with van der Waals surface area (Å²) in [6, 6.07) is 7.25. The summed E-state index contributed by atoms with van der Waals surface area (Å²) in [5, 5.41) is 11.7. The zero-order valence-electron chi connectivity index (χ0n) is 14.4. The van der Waals surface area contributed by atoms with E-state index in [-0.39, 0.29) is 6.42 Å². The predicted octanol–water partition coefficient (Wildman–Crippen LogP) is 0.537. The van der Waals surface area contributed by atoms with E-state index in [0.29, 0.717) is 18.7 Å². The summed E-state index contributed by atoms with van der Waals surface area (Å²) in [5.74, 6) is -6.29. The lowest BCUT2D eigenvalue weighted by atomic mass is 9.97. The van der Waals surface area contributed by atoms with E-state index in [0.717, 1.165) is 0 Å². The van der Waals surface area contributed by atoms with E-state index < -0.39 is 36.4 Å². The second-order valence-corrected chi connectivity index (χ2v) is 5.67. The number of hydrogen-bond donors (Lipinski definition) is 3. The molecule has 0 radical (unpaired) electrons. The molecule has 0 aromatic heterocycles. The van der Waals surface area contributed by atoms with Crippen molar-refractivity contribution >= 4 is 11.8 Å². The van der Waals surface area contributed by atoms with Crippen LogP contribution in [-0.4, -0.2) is 59.5 Å². The average Bonchev–Trinajstić information content (AvgIpc) is 2.60. The van der Waals surface area contributed by atoms with E-state index in [2.05, 4.69) is 0 Å². The molecule has 1 rings (SSSR count). The van der Waals surface area contributed by atoms with E-state index in [1.807, 2.05) is 5.32 Å². The SMILES string of the molecule is CCN(CC)C(=O)CNC(=O)C(F)(F)C(O)[C@@H](N)Cc1ccccc1. The first-order valence-corrected chi connectivity index (χ1v) is 8.15. The fourth-order valence-corrected chi connectivity index (χ4v) is 2.36. The smallest absolute Gasteiger partial charge is 0.351 e. The lowest BCUT2D eigenvalue weighted by Crippen LogP contribution is -2.57. The third kappa shape index (κ3) is 5.75. The number of halogens is 2. The highest BCUT2D eigenvalue weighted by Gasteiger charge is 2.49. The van der Waals surface area contributed by atoms with Gasteiger partial charge < -0.3 is 21.1 Å². The number of hydrogen-bond acceptors (Lipinski definition) is 4. The fourth-order valence-electron chi connectivity index (χ4n) is 2.36. The highest BCUT2D eigenvalue weighted by Crippen LogP contribution is 2.22. The van der Waals surface area contributed by atoms with Crippen LogP contribution in [0.15, 0.2) is 30.3 Å². The predicted molar refractivity (Wildman–Crippen MR) is 90.0 cm³/mol. The number of carbonyl (C=O) groups excluding carboxylic acids is 2. The molecule has 0 aliphatic carbocycles. The Morgan fingerprint density at radius 2 is 1.80 bits per heavy atom. The maximum atomic E-state index is 14.1. The number of amides is 2. The Morgan fingerprint density at radius 1 is 1.24 bits per heavy atom. The molecule has 0 aliphatic rings. The third-order valence-corrected chi connectivity index (χ3v) is 3.91. The second kappa shape index (κ2) is 9.43. The number of benzene rings is 1. The van der Waals surface area contributed by atoms with Crippen LogP contribution in [0.25, 0.3) is 0 Å². The fraction of sp³-hybridized carbons (Fsp3) is 0.529. The molecule has 1 aromatic carbocycles. The largest absolute Gasteiger partial charge is 0.385 e. The van der Waals surface area contributed by atoms with Crippen LogP contribution < -0.4 is 11.1 Å². The molecule has 6 nitrogen and oxygen atoms in total. The number of nitrogens with two attached hydrogens (primary N) is 1. The number of aliphatic hydroxyl groups is 1. The van der Waals surface area contributed by atoms with Crippen molar-refractivity contribution in [1.29, 1.82) is 0 Å². The summed E-state index contributed by atoms with van der Waals surface area (Å²) in [4.78, 5) is 24.9. The zero-order chi connectivity index (χ0) is 19.0. The lowest BCUT2D eigenvalue weighted by Gasteiger charge is -2.27. The molecule has 4 N–H and O–H groups in total. The molecule has 0 bridgehead atoms. The molecular weight excluding hydrogens is 332 g/mol. The summed E-state index contributed by atoms with van der Waals surface area (Å²) in [5.41, 5.74) is 6.30. The molecule has 0 spiro atoms. The third-order valence-electron chi connectivity index (χ3n) is 3.91. The van der Waals surface area contributed by atoms with Gasteiger partial charge in [-0.1, -0.05) is 30.3 Å². The maximum Gasteiger partial charge on any atom is 0.351 e. The molecule has 0 fully saturated rings. The van der Waals surface area contributed by atoms with Gasteiger partial charge in [0.1, 0.15) is 6.10 Å². The van der Waals surface area contributed by atoms with Crippen molar-refractivity contribution in [3.8, 4) is 0 Å². The minimum absolute atomic E-state index is 0.0107. The Kier molecular flexibility index (Phi) is 7.92. The maximum absolute atomic E-state index is 14.1. The molecule has 0 heterocycles. The van der Waals surface area contributed by atoms with Gasteiger partial charge in [-0.2, -0.15) is 8.78 Å². The Hall–Kier alpha value is -2.06. The summed E-state index contributed by atoms with van der Waals surface area (Å²) in [7, 11) is 0. The van der Waals surface area contributed by atoms with Gasteiger partial charge in [0, 0.05) is 19.1 Å². The van der Waals surface area contributed by atoms with Gasteiger partial charge in [0.05, 0.1) is 6.54 Å². The van der Waals surface area contributed by atoms with Crippen molar-refractivity contribution in [1.82, 2.24) is 10.2 Å². The first kappa shape index (κ1) is 21.0. The number of nitrogens with one attached hydrogen (secondary N) is 1. The normalized spacial score (nSPS) is 13.8. The Bertz CT molecular complexity index is 566. The minimum atomic E-state index is -4.10. The Morgan fingerprint density at radius 3 is 2.32 bits per heavy atom. The minimum Gasteiger partial charge on any atom is -0.385 e. The molecule has 2 atom stereocenters. The van der Waals surface area contributed by atoms with Gasteiger partial charge in [0.2, 0.25) is 5.91 Å². The summed E-state index contributed by atoms with van der Waals surface area (Å²) in [6.07, 6.45) is -2.38. The molecular formula is C17H25F2N3O3.